The Kier molecular flexibility index (Phi) is 4.64. The van der Waals surface area contributed by atoms with Crippen molar-refractivity contribution in [1.82, 2.24) is 10.3 Å². The van der Waals surface area contributed by atoms with Crippen molar-refractivity contribution >= 4 is 11.3 Å². The van der Waals surface area contributed by atoms with Crippen LogP contribution in [-0.2, 0) is 13.0 Å². The highest BCUT2D eigenvalue weighted by molar-refractivity contribution is 7.11. The topological polar surface area (TPSA) is 45.2 Å². The summed E-state index contributed by atoms with van der Waals surface area (Å²) in [6.07, 6.45) is 7.01. The van der Waals surface area contributed by atoms with Gasteiger partial charge in [0.05, 0.1) is 10.6 Å². The van der Waals surface area contributed by atoms with Crippen LogP contribution in [-0.4, -0.2) is 22.2 Å². The van der Waals surface area contributed by atoms with E-state index in [2.05, 4.69) is 31.1 Å². The van der Waals surface area contributed by atoms with Gasteiger partial charge in [0.25, 0.3) is 0 Å². The molecule has 0 amide bonds. The summed E-state index contributed by atoms with van der Waals surface area (Å²) in [6.45, 7) is 8.24. The summed E-state index contributed by atoms with van der Waals surface area (Å²) in [7, 11) is 0. The lowest BCUT2D eigenvalue weighted by Crippen LogP contribution is -2.44. The molecule has 0 radical (unpaired) electrons. The molecule has 1 aliphatic carbocycles. The molecule has 0 unspecified atom stereocenters. The zero-order chi connectivity index (χ0) is 13.9. The first-order chi connectivity index (χ1) is 8.92. The smallest absolute Gasteiger partial charge is 0.0925 e. The standard InChI is InChI=1S/C15H26N2OS/c1-4-13-17-10-12(19-13)9-16-11-15(18)7-5-14(2,3)6-8-15/h10,16,18H,4-9,11H2,1-3H3. The summed E-state index contributed by atoms with van der Waals surface area (Å²) in [4.78, 5) is 5.61. The largest absolute Gasteiger partial charge is 0.389 e. The van der Waals surface area contributed by atoms with E-state index in [9.17, 15) is 5.11 Å². The van der Waals surface area contributed by atoms with Gasteiger partial charge in [-0.1, -0.05) is 20.8 Å². The van der Waals surface area contributed by atoms with Crippen molar-refractivity contribution in [1.29, 1.82) is 0 Å². The number of rotatable bonds is 5. The van der Waals surface area contributed by atoms with Gasteiger partial charge < -0.3 is 10.4 Å². The van der Waals surface area contributed by atoms with Crippen molar-refractivity contribution < 1.29 is 5.11 Å². The Labute approximate surface area is 120 Å². The van der Waals surface area contributed by atoms with Gasteiger partial charge >= 0.3 is 0 Å². The molecule has 1 heterocycles. The van der Waals surface area contributed by atoms with E-state index < -0.39 is 5.60 Å². The lowest BCUT2D eigenvalue weighted by molar-refractivity contribution is -0.0244. The molecule has 0 aromatic carbocycles. The van der Waals surface area contributed by atoms with E-state index >= 15 is 0 Å². The van der Waals surface area contributed by atoms with Gasteiger partial charge in [-0.05, 0) is 37.5 Å². The summed E-state index contributed by atoms with van der Waals surface area (Å²) in [6, 6.07) is 0. The Morgan fingerprint density at radius 1 is 1.32 bits per heavy atom. The number of aliphatic hydroxyl groups is 1. The molecule has 0 spiro atoms. The van der Waals surface area contributed by atoms with Gasteiger partial charge in [-0.2, -0.15) is 0 Å². The summed E-state index contributed by atoms with van der Waals surface area (Å²) < 4.78 is 0. The van der Waals surface area contributed by atoms with Crippen molar-refractivity contribution in [2.24, 2.45) is 5.41 Å². The minimum Gasteiger partial charge on any atom is -0.389 e. The highest BCUT2D eigenvalue weighted by Crippen LogP contribution is 2.39. The molecule has 4 heteroatoms. The lowest BCUT2D eigenvalue weighted by Gasteiger charge is -2.40. The molecule has 1 aromatic heterocycles. The van der Waals surface area contributed by atoms with Gasteiger partial charge in [-0.15, -0.1) is 11.3 Å². The molecule has 0 aliphatic heterocycles. The van der Waals surface area contributed by atoms with Gasteiger partial charge in [0, 0.05) is 24.2 Å². The highest BCUT2D eigenvalue weighted by atomic mass is 32.1. The first-order valence-corrected chi connectivity index (χ1v) is 8.11. The van der Waals surface area contributed by atoms with Gasteiger partial charge in [0.1, 0.15) is 0 Å². The Morgan fingerprint density at radius 3 is 2.58 bits per heavy atom. The minimum absolute atomic E-state index is 0.403. The second-order valence-corrected chi connectivity index (χ2v) is 7.77. The van der Waals surface area contributed by atoms with E-state index in [1.165, 1.54) is 9.88 Å². The third kappa shape index (κ3) is 4.26. The van der Waals surface area contributed by atoms with Crippen LogP contribution in [0.2, 0.25) is 0 Å². The van der Waals surface area contributed by atoms with Gasteiger partial charge in [-0.3, -0.25) is 0 Å². The molecular formula is C15H26N2OS. The van der Waals surface area contributed by atoms with Crippen LogP contribution in [0.5, 0.6) is 0 Å². The fourth-order valence-electron chi connectivity index (χ4n) is 2.58. The number of thiazole rings is 1. The molecule has 1 aliphatic rings. The number of aromatic nitrogens is 1. The van der Waals surface area contributed by atoms with Crippen LogP contribution in [0, 0.1) is 5.41 Å². The SMILES string of the molecule is CCc1ncc(CNCC2(O)CCC(C)(C)CC2)s1. The average Bonchev–Trinajstić information content (AvgIpc) is 2.82. The number of nitrogens with one attached hydrogen (secondary N) is 1. The summed E-state index contributed by atoms with van der Waals surface area (Å²) in [5.74, 6) is 0. The zero-order valence-corrected chi connectivity index (χ0v) is 13.1. The molecular weight excluding hydrogens is 256 g/mol. The quantitative estimate of drug-likeness (QED) is 0.872. The Balaban J connectivity index is 1.76. The van der Waals surface area contributed by atoms with Crippen LogP contribution in [0.1, 0.15) is 56.3 Å². The molecule has 0 atom stereocenters. The third-order valence-electron chi connectivity index (χ3n) is 4.19. The summed E-state index contributed by atoms with van der Waals surface area (Å²) in [5, 5.41) is 15.1. The van der Waals surface area contributed by atoms with Crippen molar-refractivity contribution in [3.63, 3.8) is 0 Å². The molecule has 1 aromatic rings. The molecule has 3 nitrogen and oxygen atoms in total. The normalized spacial score (nSPS) is 21.5. The first-order valence-electron chi connectivity index (χ1n) is 7.29. The Morgan fingerprint density at radius 2 is 2.00 bits per heavy atom. The third-order valence-corrected chi connectivity index (χ3v) is 5.33. The molecule has 19 heavy (non-hydrogen) atoms. The molecule has 0 saturated heterocycles. The van der Waals surface area contributed by atoms with Crippen LogP contribution < -0.4 is 5.32 Å². The maximum atomic E-state index is 10.6. The first kappa shape index (κ1) is 14.9. The Bertz CT molecular complexity index is 404. The molecule has 0 bridgehead atoms. The van der Waals surface area contributed by atoms with Crippen LogP contribution in [0.15, 0.2) is 6.20 Å². The van der Waals surface area contributed by atoms with E-state index in [1.807, 2.05) is 6.20 Å². The maximum absolute atomic E-state index is 10.6. The van der Waals surface area contributed by atoms with Gasteiger partial charge in [0.2, 0.25) is 0 Å². The molecule has 1 fully saturated rings. The van der Waals surface area contributed by atoms with Crippen LogP contribution >= 0.6 is 11.3 Å². The van der Waals surface area contributed by atoms with E-state index in [1.54, 1.807) is 11.3 Å². The van der Waals surface area contributed by atoms with E-state index in [4.69, 9.17) is 0 Å². The van der Waals surface area contributed by atoms with Crippen LogP contribution in [0.25, 0.3) is 0 Å². The predicted octanol–water partition coefficient (Wildman–Crippen LogP) is 3.13. The summed E-state index contributed by atoms with van der Waals surface area (Å²) >= 11 is 1.76. The van der Waals surface area contributed by atoms with Gasteiger partial charge in [0.15, 0.2) is 0 Å². The molecule has 2 rings (SSSR count). The number of nitrogens with zero attached hydrogens (tertiary/aromatic N) is 1. The predicted molar refractivity (Wildman–Crippen MR) is 80.4 cm³/mol. The van der Waals surface area contributed by atoms with Crippen molar-refractivity contribution in [2.75, 3.05) is 6.54 Å². The second-order valence-electron chi connectivity index (χ2n) is 6.57. The minimum atomic E-state index is -0.506. The van der Waals surface area contributed by atoms with E-state index in [-0.39, 0.29) is 0 Å². The number of aryl methyl sites for hydroxylation is 1. The van der Waals surface area contributed by atoms with Crippen molar-refractivity contribution in [3.05, 3.63) is 16.1 Å². The molecule has 108 valence electrons. The molecule has 1 saturated carbocycles. The van der Waals surface area contributed by atoms with Gasteiger partial charge in [-0.25, -0.2) is 4.98 Å². The fraction of sp³-hybridized carbons (Fsp3) is 0.800. The highest BCUT2D eigenvalue weighted by Gasteiger charge is 2.36. The van der Waals surface area contributed by atoms with Crippen molar-refractivity contribution in [2.45, 2.75) is 65.0 Å². The van der Waals surface area contributed by atoms with Crippen LogP contribution in [0.4, 0.5) is 0 Å². The Hall–Kier alpha value is -0.450. The van der Waals surface area contributed by atoms with Crippen LogP contribution in [0.3, 0.4) is 0 Å². The summed E-state index contributed by atoms with van der Waals surface area (Å²) in [5.41, 5.74) is -0.103. The monoisotopic (exact) mass is 282 g/mol. The second kappa shape index (κ2) is 5.90. The number of hydrogen-bond donors (Lipinski definition) is 2. The lowest BCUT2D eigenvalue weighted by atomic mass is 9.71. The zero-order valence-electron chi connectivity index (χ0n) is 12.3. The van der Waals surface area contributed by atoms with E-state index in [0.717, 1.165) is 38.6 Å². The average molecular weight is 282 g/mol. The number of hydrogen-bond acceptors (Lipinski definition) is 4. The van der Waals surface area contributed by atoms with Crippen molar-refractivity contribution in [3.8, 4) is 0 Å². The fourth-order valence-corrected chi connectivity index (χ4v) is 3.41. The molecule has 2 N–H and O–H groups in total. The van der Waals surface area contributed by atoms with E-state index in [0.29, 0.717) is 12.0 Å². The maximum Gasteiger partial charge on any atom is 0.0925 e.